The Labute approximate surface area is 115 Å². The van der Waals surface area contributed by atoms with Crippen LogP contribution in [-0.2, 0) is 6.42 Å². The quantitative estimate of drug-likeness (QED) is 0.912. The number of benzene rings is 1. The molecule has 100 valence electrons. The van der Waals surface area contributed by atoms with E-state index < -0.39 is 5.97 Å². The van der Waals surface area contributed by atoms with Gasteiger partial charge in [0.15, 0.2) is 5.69 Å². The van der Waals surface area contributed by atoms with Gasteiger partial charge in [-0.25, -0.2) is 9.78 Å². The minimum absolute atomic E-state index is 0.103. The summed E-state index contributed by atoms with van der Waals surface area (Å²) in [6, 6.07) is 6.06. The van der Waals surface area contributed by atoms with Crippen LogP contribution in [0.15, 0.2) is 23.6 Å². The van der Waals surface area contributed by atoms with Crippen LogP contribution in [0.4, 0.5) is 0 Å². The Morgan fingerprint density at radius 1 is 1.32 bits per heavy atom. The largest absolute Gasteiger partial charge is 0.493 e. The van der Waals surface area contributed by atoms with Gasteiger partial charge >= 0.3 is 5.97 Å². The molecule has 1 aromatic carbocycles. The van der Waals surface area contributed by atoms with Crippen molar-refractivity contribution < 1.29 is 14.6 Å². The van der Waals surface area contributed by atoms with Gasteiger partial charge in [0.05, 0.1) is 11.6 Å². The van der Waals surface area contributed by atoms with Crippen LogP contribution in [0.1, 0.15) is 26.6 Å². The Kier molecular flexibility index (Phi) is 4.16. The number of carbonyl (C=O) groups is 1. The van der Waals surface area contributed by atoms with Crippen LogP contribution in [0.5, 0.6) is 5.75 Å². The van der Waals surface area contributed by atoms with Crippen molar-refractivity contribution in [3.05, 3.63) is 45.4 Å². The highest BCUT2D eigenvalue weighted by Gasteiger charge is 2.08. The second-order valence-corrected chi connectivity index (χ2v) is 5.30. The number of rotatable bonds is 5. The predicted octanol–water partition coefficient (Wildman–Crippen LogP) is 3.08. The number of carboxylic acid groups (broad SMARTS) is 1. The molecule has 0 saturated heterocycles. The Balaban J connectivity index is 1.90. The molecule has 19 heavy (non-hydrogen) atoms. The maximum Gasteiger partial charge on any atom is 0.355 e. The molecule has 0 bridgehead atoms. The van der Waals surface area contributed by atoms with E-state index >= 15 is 0 Å². The number of aryl methyl sites for hydroxylation is 2. The zero-order chi connectivity index (χ0) is 13.8. The molecule has 5 heteroatoms. The fourth-order valence-corrected chi connectivity index (χ4v) is 2.55. The number of carboxylic acids is 1. The molecule has 0 aliphatic carbocycles. The number of hydrogen-bond donors (Lipinski definition) is 1. The van der Waals surface area contributed by atoms with E-state index in [-0.39, 0.29) is 5.69 Å². The summed E-state index contributed by atoms with van der Waals surface area (Å²) >= 11 is 1.35. The van der Waals surface area contributed by atoms with Crippen molar-refractivity contribution in [3.63, 3.8) is 0 Å². The van der Waals surface area contributed by atoms with Crippen molar-refractivity contribution in [1.29, 1.82) is 0 Å². The van der Waals surface area contributed by atoms with E-state index in [9.17, 15) is 4.79 Å². The summed E-state index contributed by atoms with van der Waals surface area (Å²) < 4.78 is 5.66. The van der Waals surface area contributed by atoms with E-state index in [2.05, 4.69) is 11.1 Å². The summed E-state index contributed by atoms with van der Waals surface area (Å²) in [5.41, 5.74) is 2.43. The lowest BCUT2D eigenvalue weighted by Gasteiger charge is -2.07. The number of nitrogens with zero attached hydrogens (tertiary/aromatic N) is 1. The minimum Gasteiger partial charge on any atom is -0.493 e. The first kappa shape index (κ1) is 13.5. The Morgan fingerprint density at radius 3 is 2.58 bits per heavy atom. The summed E-state index contributed by atoms with van der Waals surface area (Å²) in [7, 11) is 0. The molecule has 2 rings (SSSR count). The second-order valence-electron chi connectivity index (χ2n) is 4.35. The smallest absolute Gasteiger partial charge is 0.355 e. The van der Waals surface area contributed by atoms with E-state index in [1.165, 1.54) is 11.3 Å². The van der Waals surface area contributed by atoms with Crippen LogP contribution in [0.25, 0.3) is 0 Å². The molecule has 1 aromatic heterocycles. The van der Waals surface area contributed by atoms with Crippen LogP contribution in [0.2, 0.25) is 0 Å². The molecular formula is C14H15NO3S. The van der Waals surface area contributed by atoms with Crippen molar-refractivity contribution in [3.8, 4) is 5.75 Å². The third-order valence-electron chi connectivity index (χ3n) is 2.55. The summed E-state index contributed by atoms with van der Waals surface area (Å²) in [6.45, 7) is 4.55. The minimum atomic E-state index is -0.988. The first-order valence-electron chi connectivity index (χ1n) is 5.93. The van der Waals surface area contributed by atoms with Gasteiger partial charge in [0, 0.05) is 11.8 Å². The lowest BCUT2D eigenvalue weighted by Crippen LogP contribution is -2.03. The van der Waals surface area contributed by atoms with Gasteiger partial charge in [-0.3, -0.25) is 0 Å². The number of aromatic nitrogens is 1. The maximum absolute atomic E-state index is 10.7. The fraction of sp³-hybridized carbons (Fsp3) is 0.286. The van der Waals surface area contributed by atoms with Crippen LogP contribution in [-0.4, -0.2) is 22.7 Å². The molecular weight excluding hydrogens is 262 g/mol. The van der Waals surface area contributed by atoms with E-state index in [0.717, 1.165) is 21.9 Å². The van der Waals surface area contributed by atoms with Gasteiger partial charge in [-0.15, -0.1) is 11.3 Å². The molecule has 0 radical (unpaired) electrons. The lowest BCUT2D eigenvalue weighted by molar-refractivity contribution is 0.0691. The molecule has 1 heterocycles. The van der Waals surface area contributed by atoms with E-state index in [0.29, 0.717) is 13.0 Å². The average Bonchev–Trinajstić information content (AvgIpc) is 2.76. The molecule has 0 saturated carbocycles. The molecule has 0 atom stereocenters. The Bertz CT molecular complexity index is 572. The SMILES string of the molecule is Cc1cc(C)cc(OCCc2nc(C(=O)O)cs2)c1. The zero-order valence-corrected chi connectivity index (χ0v) is 11.7. The van der Waals surface area contributed by atoms with Crippen LogP contribution in [0, 0.1) is 13.8 Å². The lowest BCUT2D eigenvalue weighted by atomic mass is 10.1. The average molecular weight is 277 g/mol. The van der Waals surface area contributed by atoms with Crippen molar-refractivity contribution in [2.75, 3.05) is 6.61 Å². The number of thiazole rings is 1. The molecule has 4 nitrogen and oxygen atoms in total. The molecule has 0 unspecified atom stereocenters. The molecule has 0 fully saturated rings. The Hall–Kier alpha value is -1.88. The number of hydrogen-bond acceptors (Lipinski definition) is 4. The predicted molar refractivity (Wildman–Crippen MR) is 74.2 cm³/mol. The Morgan fingerprint density at radius 2 is 2.00 bits per heavy atom. The van der Waals surface area contributed by atoms with Crippen molar-refractivity contribution in [1.82, 2.24) is 4.98 Å². The third-order valence-corrected chi connectivity index (χ3v) is 3.46. The highest BCUT2D eigenvalue weighted by molar-refractivity contribution is 7.09. The highest BCUT2D eigenvalue weighted by Crippen LogP contribution is 2.17. The topological polar surface area (TPSA) is 59.4 Å². The molecule has 2 aromatic rings. The van der Waals surface area contributed by atoms with E-state index in [1.807, 2.05) is 26.0 Å². The zero-order valence-electron chi connectivity index (χ0n) is 10.8. The summed E-state index contributed by atoms with van der Waals surface area (Å²) in [4.78, 5) is 14.7. The van der Waals surface area contributed by atoms with Gasteiger partial charge in [-0.1, -0.05) is 6.07 Å². The van der Waals surface area contributed by atoms with Gasteiger partial charge in [-0.05, 0) is 37.1 Å². The second kappa shape index (κ2) is 5.84. The molecule has 0 spiro atoms. The van der Waals surface area contributed by atoms with Gasteiger partial charge in [0.1, 0.15) is 5.75 Å². The standard InChI is InChI=1S/C14H15NO3S/c1-9-5-10(2)7-11(6-9)18-4-3-13-15-12(8-19-13)14(16)17/h5-8H,3-4H2,1-2H3,(H,16,17). The molecule has 0 amide bonds. The highest BCUT2D eigenvalue weighted by atomic mass is 32.1. The molecule has 0 aliphatic rings. The summed E-state index contributed by atoms with van der Waals surface area (Å²) in [5, 5.41) is 11.1. The van der Waals surface area contributed by atoms with Gasteiger partial charge < -0.3 is 9.84 Å². The fourth-order valence-electron chi connectivity index (χ4n) is 1.80. The first-order valence-corrected chi connectivity index (χ1v) is 6.81. The van der Waals surface area contributed by atoms with Crippen molar-refractivity contribution in [2.45, 2.75) is 20.3 Å². The monoisotopic (exact) mass is 277 g/mol. The van der Waals surface area contributed by atoms with Crippen molar-refractivity contribution >= 4 is 17.3 Å². The van der Waals surface area contributed by atoms with Crippen LogP contribution in [0.3, 0.4) is 0 Å². The molecule has 1 N–H and O–H groups in total. The third kappa shape index (κ3) is 3.79. The van der Waals surface area contributed by atoms with Gasteiger partial charge in [0.25, 0.3) is 0 Å². The van der Waals surface area contributed by atoms with Crippen molar-refractivity contribution in [2.24, 2.45) is 0 Å². The normalized spacial score (nSPS) is 10.4. The van der Waals surface area contributed by atoms with Gasteiger partial charge in [-0.2, -0.15) is 0 Å². The number of ether oxygens (including phenoxy) is 1. The van der Waals surface area contributed by atoms with E-state index in [1.54, 1.807) is 5.38 Å². The summed E-state index contributed by atoms with van der Waals surface area (Å²) in [6.07, 6.45) is 0.616. The van der Waals surface area contributed by atoms with Crippen LogP contribution < -0.4 is 4.74 Å². The summed E-state index contributed by atoms with van der Waals surface area (Å²) in [5.74, 6) is -0.148. The maximum atomic E-state index is 10.7. The number of aromatic carboxylic acids is 1. The first-order chi connectivity index (χ1) is 9.04. The van der Waals surface area contributed by atoms with Gasteiger partial charge in [0.2, 0.25) is 0 Å². The molecule has 0 aliphatic heterocycles. The van der Waals surface area contributed by atoms with Crippen LogP contribution >= 0.6 is 11.3 Å². The van der Waals surface area contributed by atoms with E-state index in [4.69, 9.17) is 9.84 Å².